The predicted molar refractivity (Wildman–Crippen MR) is 226 cm³/mol. The first-order valence-electron chi connectivity index (χ1n) is 18.7. The minimum atomic E-state index is -0.315. The molecule has 0 fully saturated rings. The van der Waals surface area contributed by atoms with E-state index in [1.54, 1.807) is 0 Å². The van der Waals surface area contributed by atoms with E-state index in [0.717, 1.165) is 55.5 Å². The molecule has 254 valence electrons. The number of nitrogens with zero attached hydrogens (tertiary/aromatic N) is 1. The Labute approximate surface area is 314 Å². The second kappa shape index (κ2) is 11.8. The summed E-state index contributed by atoms with van der Waals surface area (Å²) in [4.78, 5) is 2.47. The number of fused-ring (bicyclic) bond motifs is 9. The van der Waals surface area contributed by atoms with Gasteiger partial charge in [-0.1, -0.05) is 152 Å². The van der Waals surface area contributed by atoms with Gasteiger partial charge in [-0.15, -0.1) is 0 Å². The predicted octanol–water partition coefficient (Wildman–Crippen LogP) is 14.4. The van der Waals surface area contributed by atoms with Gasteiger partial charge in [0.15, 0.2) is 0 Å². The third-order valence-corrected chi connectivity index (χ3v) is 11.7. The molecule has 1 heterocycles. The summed E-state index contributed by atoms with van der Waals surface area (Å²) in [5.74, 6) is 0. The lowest BCUT2D eigenvalue weighted by Crippen LogP contribution is -2.23. The number of hydrogen-bond donors (Lipinski definition) is 0. The molecule has 1 aliphatic carbocycles. The fourth-order valence-corrected chi connectivity index (χ4v) is 9.10. The van der Waals surface area contributed by atoms with Crippen LogP contribution in [0.5, 0.6) is 0 Å². The van der Waals surface area contributed by atoms with E-state index in [0.29, 0.717) is 0 Å². The van der Waals surface area contributed by atoms with Crippen LogP contribution in [0.3, 0.4) is 0 Å². The van der Waals surface area contributed by atoms with Crippen molar-refractivity contribution in [1.82, 2.24) is 0 Å². The van der Waals surface area contributed by atoms with Gasteiger partial charge in [0.05, 0.1) is 11.4 Å². The van der Waals surface area contributed by atoms with Crippen molar-refractivity contribution in [3.05, 3.63) is 211 Å². The third kappa shape index (κ3) is 4.47. The van der Waals surface area contributed by atoms with Crippen LogP contribution in [0.1, 0.15) is 23.6 Å². The Hall–Kier alpha value is -6.90. The molecule has 1 unspecified atom stereocenters. The zero-order valence-corrected chi connectivity index (χ0v) is 29.8. The molecule has 10 aromatic rings. The van der Waals surface area contributed by atoms with Gasteiger partial charge >= 0.3 is 0 Å². The fraction of sp³-hybridized carbons (Fsp3) is 0.0385. The van der Waals surface area contributed by atoms with Crippen LogP contribution in [0.15, 0.2) is 199 Å². The van der Waals surface area contributed by atoms with Crippen LogP contribution in [0.4, 0.5) is 17.1 Å². The van der Waals surface area contributed by atoms with Crippen LogP contribution in [-0.4, -0.2) is 0 Å². The smallest absolute Gasteiger partial charge is 0.143 e. The van der Waals surface area contributed by atoms with E-state index in [-0.39, 0.29) is 5.41 Å². The van der Waals surface area contributed by atoms with Gasteiger partial charge in [0.1, 0.15) is 11.2 Å². The highest BCUT2D eigenvalue weighted by Crippen LogP contribution is 2.54. The van der Waals surface area contributed by atoms with Crippen molar-refractivity contribution in [3.63, 3.8) is 0 Å². The van der Waals surface area contributed by atoms with Crippen molar-refractivity contribution < 1.29 is 4.42 Å². The lowest BCUT2D eigenvalue weighted by atomic mass is 9.74. The fourth-order valence-electron chi connectivity index (χ4n) is 9.10. The first-order valence-corrected chi connectivity index (χ1v) is 18.7. The highest BCUT2D eigenvalue weighted by molar-refractivity contribution is 6.16. The molecule has 0 aliphatic heterocycles. The van der Waals surface area contributed by atoms with Crippen molar-refractivity contribution in [3.8, 4) is 22.3 Å². The lowest BCUT2D eigenvalue weighted by molar-refractivity contribution is 0.672. The van der Waals surface area contributed by atoms with E-state index >= 15 is 0 Å². The Morgan fingerprint density at radius 3 is 1.96 bits per heavy atom. The van der Waals surface area contributed by atoms with E-state index in [4.69, 9.17) is 4.42 Å². The molecular formula is C52H35NO. The molecule has 0 saturated carbocycles. The molecule has 9 aromatic carbocycles. The summed E-state index contributed by atoms with van der Waals surface area (Å²) in [6.45, 7) is 2.39. The van der Waals surface area contributed by atoms with Gasteiger partial charge in [-0.05, 0) is 93.5 Å². The Morgan fingerprint density at radius 2 is 1.09 bits per heavy atom. The summed E-state index contributed by atoms with van der Waals surface area (Å²) in [6.07, 6.45) is 0. The summed E-state index contributed by atoms with van der Waals surface area (Å²) in [5.41, 5.74) is 13.7. The molecule has 11 rings (SSSR count). The highest BCUT2D eigenvalue weighted by atomic mass is 16.3. The molecule has 54 heavy (non-hydrogen) atoms. The molecule has 1 aliphatic rings. The van der Waals surface area contributed by atoms with Crippen molar-refractivity contribution in [1.29, 1.82) is 0 Å². The molecule has 2 nitrogen and oxygen atoms in total. The number of hydrogen-bond acceptors (Lipinski definition) is 2. The van der Waals surface area contributed by atoms with Crippen LogP contribution in [0, 0.1) is 0 Å². The molecule has 1 atom stereocenters. The number of para-hydroxylation sites is 1. The van der Waals surface area contributed by atoms with Crippen LogP contribution in [0.2, 0.25) is 0 Å². The van der Waals surface area contributed by atoms with E-state index in [1.807, 2.05) is 0 Å². The van der Waals surface area contributed by atoms with Crippen LogP contribution >= 0.6 is 0 Å². The molecule has 0 amide bonds. The minimum absolute atomic E-state index is 0.315. The highest BCUT2D eigenvalue weighted by Gasteiger charge is 2.41. The first-order chi connectivity index (χ1) is 26.7. The van der Waals surface area contributed by atoms with Gasteiger partial charge in [-0.3, -0.25) is 0 Å². The summed E-state index contributed by atoms with van der Waals surface area (Å²) in [5, 5.41) is 6.98. The van der Waals surface area contributed by atoms with E-state index in [2.05, 4.69) is 206 Å². The van der Waals surface area contributed by atoms with Gasteiger partial charge in [0.25, 0.3) is 0 Å². The minimum Gasteiger partial charge on any atom is -0.455 e. The molecule has 0 bridgehead atoms. The number of furan rings is 1. The van der Waals surface area contributed by atoms with E-state index in [9.17, 15) is 0 Å². The second-order valence-electron chi connectivity index (χ2n) is 14.6. The molecule has 0 saturated heterocycles. The van der Waals surface area contributed by atoms with Crippen molar-refractivity contribution in [2.45, 2.75) is 12.3 Å². The second-order valence-corrected chi connectivity index (χ2v) is 14.6. The topological polar surface area (TPSA) is 16.4 Å². The summed E-state index contributed by atoms with van der Waals surface area (Å²) < 4.78 is 6.54. The number of benzene rings is 9. The first kappa shape index (κ1) is 30.7. The Morgan fingerprint density at radius 1 is 0.426 bits per heavy atom. The van der Waals surface area contributed by atoms with Crippen LogP contribution in [-0.2, 0) is 5.41 Å². The van der Waals surface area contributed by atoms with Gasteiger partial charge in [-0.25, -0.2) is 0 Å². The van der Waals surface area contributed by atoms with Gasteiger partial charge in [-0.2, -0.15) is 0 Å². The largest absolute Gasteiger partial charge is 0.455 e. The molecule has 0 radical (unpaired) electrons. The maximum Gasteiger partial charge on any atom is 0.143 e. The van der Waals surface area contributed by atoms with Gasteiger partial charge in [0.2, 0.25) is 0 Å². The zero-order valence-electron chi connectivity index (χ0n) is 29.8. The van der Waals surface area contributed by atoms with Crippen molar-refractivity contribution in [2.75, 3.05) is 4.90 Å². The monoisotopic (exact) mass is 689 g/mol. The number of anilines is 3. The average molecular weight is 690 g/mol. The van der Waals surface area contributed by atoms with E-state index in [1.165, 1.54) is 44.0 Å². The SMILES string of the molecule is CC1(c2ccccc2)c2ccccc2-c2ccc(N(c3ccccc3-c3ccc4oc5c6ccccc6ccc5c4c3)c3cccc4ccccc34)cc21. The Kier molecular flexibility index (Phi) is 6.72. The quantitative estimate of drug-likeness (QED) is 0.179. The Balaban J connectivity index is 1.15. The third-order valence-electron chi connectivity index (χ3n) is 11.7. The maximum atomic E-state index is 6.54. The lowest BCUT2D eigenvalue weighted by Gasteiger charge is -2.32. The van der Waals surface area contributed by atoms with Crippen LogP contribution < -0.4 is 4.90 Å². The summed E-state index contributed by atoms with van der Waals surface area (Å²) >= 11 is 0. The molecule has 1 aromatic heterocycles. The Bertz CT molecular complexity index is 3080. The van der Waals surface area contributed by atoms with Crippen molar-refractivity contribution in [2.24, 2.45) is 0 Å². The molecular weight excluding hydrogens is 655 g/mol. The zero-order chi connectivity index (χ0) is 35.8. The van der Waals surface area contributed by atoms with E-state index < -0.39 is 0 Å². The molecule has 2 heteroatoms. The number of rotatable bonds is 5. The standard InChI is InChI=1S/C52H35NO/c1-52(37-17-3-2-4-18-37)46-23-11-9-22-42(46)43-30-28-38(33-47(43)52)53(49-25-13-16-34-14-5-7-19-39(34)49)48-24-12-10-20-40(48)36-27-31-50-45(32-36)44-29-26-35-15-6-8-21-41(35)51(44)54-50/h2-33H,1H3. The average Bonchev–Trinajstić information content (AvgIpc) is 3.74. The maximum absolute atomic E-state index is 6.54. The molecule has 0 spiro atoms. The summed E-state index contributed by atoms with van der Waals surface area (Å²) in [6, 6.07) is 70.7. The van der Waals surface area contributed by atoms with Crippen molar-refractivity contribution >= 4 is 60.5 Å². The van der Waals surface area contributed by atoms with Crippen LogP contribution in [0.25, 0.3) is 65.7 Å². The van der Waals surface area contributed by atoms with Gasteiger partial charge < -0.3 is 9.32 Å². The summed E-state index contributed by atoms with van der Waals surface area (Å²) in [7, 11) is 0. The molecule has 0 N–H and O–H groups in total. The van der Waals surface area contributed by atoms with Gasteiger partial charge in [0, 0.05) is 38.2 Å². The normalized spacial score (nSPS) is 14.8.